The molecule has 7 heteroatoms. The standard InChI is InChI=1S/C20H25N3O3S/c1-15-7-9-18(10-8-15)27(25,26)23-12-4-11-21-20(24)17-13-16-5-2-3-6-19(16)22-14-17/h7-10,13-14,23H,2-6,11-12H2,1H3,(H,21,24). The van der Waals surface area contributed by atoms with Crippen molar-refractivity contribution < 1.29 is 13.2 Å². The van der Waals surface area contributed by atoms with Gasteiger partial charge in [0.25, 0.3) is 5.91 Å². The van der Waals surface area contributed by atoms with Gasteiger partial charge in [-0.15, -0.1) is 0 Å². The molecule has 27 heavy (non-hydrogen) atoms. The molecule has 0 aliphatic heterocycles. The van der Waals surface area contributed by atoms with Gasteiger partial charge in [-0.25, -0.2) is 13.1 Å². The molecule has 0 spiro atoms. The topological polar surface area (TPSA) is 88.2 Å². The summed E-state index contributed by atoms with van der Waals surface area (Å²) in [5, 5.41) is 2.83. The normalized spacial score (nSPS) is 13.8. The molecule has 1 amide bonds. The van der Waals surface area contributed by atoms with E-state index in [4.69, 9.17) is 0 Å². The number of hydrogen-bond donors (Lipinski definition) is 2. The summed E-state index contributed by atoms with van der Waals surface area (Å²) >= 11 is 0. The minimum atomic E-state index is -3.51. The first-order chi connectivity index (χ1) is 13.0. The predicted octanol–water partition coefficient (Wildman–Crippen LogP) is 2.37. The van der Waals surface area contributed by atoms with Gasteiger partial charge in [-0.2, -0.15) is 0 Å². The summed E-state index contributed by atoms with van der Waals surface area (Å²) < 4.78 is 26.9. The number of sulfonamides is 1. The summed E-state index contributed by atoms with van der Waals surface area (Å²) in [5.74, 6) is -0.169. The molecule has 0 bridgehead atoms. The predicted molar refractivity (Wildman–Crippen MR) is 104 cm³/mol. The monoisotopic (exact) mass is 387 g/mol. The minimum absolute atomic E-state index is 0.169. The van der Waals surface area contributed by atoms with Crippen LogP contribution in [0.3, 0.4) is 0 Å². The van der Waals surface area contributed by atoms with Crippen LogP contribution >= 0.6 is 0 Å². The average molecular weight is 388 g/mol. The molecule has 0 fully saturated rings. The maximum atomic E-state index is 12.3. The van der Waals surface area contributed by atoms with Gasteiger partial charge in [0, 0.05) is 25.0 Å². The summed E-state index contributed by atoms with van der Waals surface area (Å²) in [5.41, 5.74) is 3.84. The van der Waals surface area contributed by atoms with Gasteiger partial charge in [0.2, 0.25) is 10.0 Å². The lowest BCUT2D eigenvalue weighted by molar-refractivity contribution is 0.0953. The van der Waals surface area contributed by atoms with Crippen LogP contribution in [0, 0.1) is 6.92 Å². The van der Waals surface area contributed by atoms with E-state index in [0.717, 1.165) is 36.9 Å². The molecule has 1 aliphatic rings. The van der Waals surface area contributed by atoms with Crippen molar-refractivity contribution in [3.05, 3.63) is 58.9 Å². The number of fused-ring (bicyclic) bond motifs is 1. The number of benzene rings is 1. The minimum Gasteiger partial charge on any atom is -0.352 e. The van der Waals surface area contributed by atoms with Crippen LogP contribution in [0.4, 0.5) is 0 Å². The molecule has 1 heterocycles. The van der Waals surface area contributed by atoms with E-state index in [1.165, 1.54) is 5.56 Å². The second kappa shape index (κ2) is 8.63. The van der Waals surface area contributed by atoms with Crippen molar-refractivity contribution in [3.8, 4) is 0 Å². The first-order valence-electron chi connectivity index (χ1n) is 9.28. The van der Waals surface area contributed by atoms with Crippen LogP contribution in [0.2, 0.25) is 0 Å². The molecule has 0 atom stereocenters. The van der Waals surface area contributed by atoms with Gasteiger partial charge in [-0.1, -0.05) is 17.7 Å². The highest BCUT2D eigenvalue weighted by Crippen LogP contribution is 2.19. The van der Waals surface area contributed by atoms with Crippen molar-refractivity contribution in [3.63, 3.8) is 0 Å². The van der Waals surface area contributed by atoms with E-state index in [2.05, 4.69) is 15.0 Å². The van der Waals surface area contributed by atoms with Gasteiger partial charge in [0.15, 0.2) is 0 Å². The molecule has 2 N–H and O–H groups in total. The molecule has 0 saturated heterocycles. The number of pyridine rings is 1. The van der Waals surface area contributed by atoms with Crippen LogP contribution in [0.15, 0.2) is 41.4 Å². The summed E-state index contributed by atoms with van der Waals surface area (Å²) in [7, 11) is -3.51. The van der Waals surface area contributed by atoms with Crippen LogP contribution < -0.4 is 10.0 Å². The second-order valence-electron chi connectivity index (χ2n) is 6.86. The van der Waals surface area contributed by atoms with E-state index >= 15 is 0 Å². The first-order valence-corrected chi connectivity index (χ1v) is 10.8. The molecule has 6 nitrogen and oxygen atoms in total. The average Bonchev–Trinajstić information content (AvgIpc) is 2.67. The Balaban J connectivity index is 1.44. The first kappa shape index (κ1) is 19.5. The third-order valence-electron chi connectivity index (χ3n) is 4.69. The molecule has 1 aromatic carbocycles. The Hall–Kier alpha value is -2.25. The molecular weight excluding hydrogens is 362 g/mol. The van der Waals surface area contributed by atoms with Gasteiger partial charge in [-0.05, 0) is 62.8 Å². The van der Waals surface area contributed by atoms with Crippen molar-refractivity contribution in [1.82, 2.24) is 15.0 Å². The number of rotatable bonds is 7. The largest absolute Gasteiger partial charge is 0.352 e. The zero-order valence-electron chi connectivity index (χ0n) is 15.5. The fourth-order valence-electron chi connectivity index (χ4n) is 3.11. The number of carbonyl (C=O) groups excluding carboxylic acids is 1. The lowest BCUT2D eigenvalue weighted by Crippen LogP contribution is -2.30. The van der Waals surface area contributed by atoms with Crippen LogP contribution in [0.25, 0.3) is 0 Å². The van der Waals surface area contributed by atoms with E-state index < -0.39 is 10.0 Å². The fourth-order valence-corrected chi connectivity index (χ4v) is 4.19. The van der Waals surface area contributed by atoms with Crippen molar-refractivity contribution in [2.24, 2.45) is 0 Å². The van der Waals surface area contributed by atoms with Crippen molar-refractivity contribution >= 4 is 15.9 Å². The molecule has 3 rings (SSSR count). The molecule has 2 aromatic rings. The zero-order valence-corrected chi connectivity index (χ0v) is 16.3. The van der Waals surface area contributed by atoms with E-state index in [1.807, 2.05) is 13.0 Å². The maximum Gasteiger partial charge on any atom is 0.252 e. The lowest BCUT2D eigenvalue weighted by atomic mass is 9.95. The van der Waals surface area contributed by atoms with E-state index in [0.29, 0.717) is 18.5 Å². The Morgan fingerprint density at radius 3 is 2.63 bits per heavy atom. The highest BCUT2D eigenvalue weighted by atomic mass is 32.2. The number of aromatic nitrogens is 1. The third-order valence-corrected chi connectivity index (χ3v) is 6.17. The van der Waals surface area contributed by atoms with Crippen LogP contribution in [0.5, 0.6) is 0 Å². The molecule has 0 saturated carbocycles. The molecular formula is C20H25N3O3S. The summed E-state index contributed by atoms with van der Waals surface area (Å²) in [6.07, 6.45) is 6.39. The molecule has 1 aromatic heterocycles. The Bertz CT molecular complexity index is 909. The van der Waals surface area contributed by atoms with Crippen molar-refractivity contribution in [2.45, 2.75) is 43.9 Å². The third kappa shape index (κ3) is 5.14. The molecule has 144 valence electrons. The SMILES string of the molecule is Cc1ccc(S(=O)(=O)NCCCNC(=O)c2cnc3c(c2)CCCC3)cc1. The summed E-state index contributed by atoms with van der Waals surface area (Å²) in [4.78, 5) is 16.9. The number of nitrogens with zero attached hydrogens (tertiary/aromatic N) is 1. The van der Waals surface area contributed by atoms with E-state index in [1.54, 1.807) is 30.5 Å². The van der Waals surface area contributed by atoms with Gasteiger partial charge in [0.05, 0.1) is 10.5 Å². The van der Waals surface area contributed by atoms with Crippen LogP contribution in [-0.2, 0) is 22.9 Å². The van der Waals surface area contributed by atoms with Gasteiger partial charge in [-0.3, -0.25) is 9.78 Å². The smallest absolute Gasteiger partial charge is 0.252 e. The Morgan fingerprint density at radius 1 is 1.11 bits per heavy atom. The zero-order chi connectivity index (χ0) is 19.3. The number of nitrogens with one attached hydrogen (secondary N) is 2. The van der Waals surface area contributed by atoms with E-state index in [-0.39, 0.29) is 17.3 Å². The summed E-state index contributed by atoms with van der Waals surface area (Å²) in [6, 6.07) is 8.63. The van der Waals surface area contributed by atoms with Gasteiger partial charge in [0.1, 0.15) is 0 Å². The van der Waals surface area contributed by atoms with Gasteiger partial charge >= 0.3 is 0 Å². The Morgan fingerprint density at radius 2 is 1.85 bits per heavy atom. The van der Waals surface area contributed by atoms with E-state index in [9.17, 15) is 13.2 Å². The number of hydrogen-bond acceptors (Lipinski definition) is 4. The number of carbonyl (C=O) groups is 1. The fraction of sp³-hybridized carbons (Fsp3) is 0.400. The lowest BCUT2D eigenvalue weighted by Gasteiger charge is -2.15. The quantitative estimate of drug-likeness (QED) is 0.714. The highest BCUT2D eigenvalue weighted by molar-refractivity contribution is 7.89. The molecule has 0 radical (unpaired) electrons. The Kier molecular flexibility index (Phi) is 6.23. The van der Waals surface area contributed by atoms with Crippen LogP contribution in [0.1, 0.15) is 46.4 Å². The van der Waals surface area contributed by atoms with Crippen LogP contribution in [-0.4, -0.2) is 32.4 Å². The summed E-state index contributed by atoms with van der Waals surface area (Å²) in [6.45, 7) is 2.57. The Labute approximate surface area is 160 Å². The van der Waals surface area contributed by atoms with Crippen molar-refractivity contribution in [2.75, 3.05) is 13.1 Å². The molecule has 1 aliphatic carbocycles. The number of amides is 1. The van der Waals surface area contributed by atoms with Crippen molar-refractivity contribution in [1.29, 1.82) is 0 Å². The second-order valence-corrected chi connectivity index (χ2v) is 8.62. The molecule has 0 unspecified atom stereocenters. The maximum absolute atomic E-state index is 12.3. The highest BCUT2D eigenvalue weighted by Gasteiger charge is 2.15. The van der Waals surface area contributed by atoms with Gasteiger partial charge < -0.3 is 5.32 Å². The number of aryl methyl sites for hydroxylation is 3.